The number of hydrogen-bond donors (Lipinski definition) is 6. The topological polar surface area (TPSA) is 179 Å². The minimum absolute atomic E-state index is 0.113. The van der Waals surface area contributed by atoms with Gasteiger partial charge in [0.05, 0.1) is 21.0 Å². The molecule has 0 spiro atoms. The number of nitrogens with one attached hydrogen (secondary N) is 4. The van der Waals surface area contributed by atoms with Crippen molar-refractivity contribution in [2.75, 3.05) is 20.1 Å². The number of guanidine groups is 1. The second kappa shape index (κ2) is 13.1. The maximum absolute atomic E-state index is 13.5. The minimum atomic E-state index is -0.743. The number of thiophene rings is 1. The van der Waals surface area contributed by atoms with Gasteiger partial charge in [0.15, 0.2) is 5.96 Å². The molecule has 0 unspecified atom stereocenters. The van der Waals surface area contributed by atoms with Crippen LogP contribution in [0.25, 0.3) is 10.1 Å². The van der Waals surface area contributed by atoms with Crippen molar-refractivity contribution in [2.24, 2.45) is 11.5 Å². The van der Waals surface area contributed by atoms with Gasteiger partial charge in [-0.2, -0.15) is 0 Å². The molecule has 0 bridgehead atoms. The molecule has 15 heteroatoms. The van der Waals surface area contributed by atoms with Crippen LogP contribution in [-0.2, 0) is 4.79 Å². The zero-order chi connectivity index (χ0) is 29.0. The van der Waals surface area contributed by atoms with E-state index in [1.807, 2.05) is 0 Å². The summed E-state index contributed by atoms with van der Waals surface area (Å²) in [5, 5.41) is 19.1. The van der Waals surface area contributed by atoms with Crippen LogP contribution >= 0.6 is 45.9 Å². The van der Waals surface area contributed by atoms with Crippen molar-refractivity contribution in [1.82, 2.24) is 25.8 Å². The highest BCUT2D eigenvalue weighted by molar-refractivity contribution is 7.20. The second-order valence-corrected chi connectivity index (χ2v) is 12.2. The number of carbonyl (C=O) groups is 3. The van der Waals surface area contributed by atoms with Crippen LogP contribution in [0.3, 0.4) is 0 Å². The van der Waals surface area contributed by atoms with Gasteiger partial charge in [0.2, 0.25) is 5.91 Å². The number of hydrogen-bond acceptors (Lipinski definition) is 8. The highest BCUT2D eigenvalue weighted by Gasteiger charge is 2.37. The maximum Gasteiger partial charge on any atom is 0.271 e. The average molecular weight is 626 g/mol. The molecule has 3 amide bonds. The summed E-state index contributed by atoms with van der Waals surface area (Å²) in [5.74, 6) is -1.08. The van der Waals surface area contributed by atoms with Crippen molar-refractivity contribution in [1.29, 1.82) is 5.41 Å². The number of nitrogens with two attached hydrogens (primary N) is 2. The maximum atomic E-state index is 13.5. The summed E-state index contributed by atoms with van der Waals surface area (Å²) in [5.41, 5.74) is 11.7. The molecule has 3 aromatic rings. The lowest BCUT2D eigenvalue weighted by molar-refractivity contribution is -0.122. The summed E-state index contributed by atoms with van der Waals surface area (Å²) in [6.45, 7) is 0.860. The predicted octanol–water partition coefficient (Wildman–Crippen LogP) is 3.08. The molecule has 1 fully saturated rings. The molecule has 1 aliphatic heterocycles. The highest BCUT2D eigenvalue weighted by atomic mass is 35.5. The first-order valence-electron chi connectivity index (χ1n) is 12.6. The summed E-state index contributed by atoms with van der Waals surface area (Å²) in [7, 11) is 1.51. The van der Waals surface area contributed by atoms with Crippen molar-refractivity contribution in [3.8, 4) is 0 Å². The molecule has 1 aromatic carbocycles. The van der Waals surface area contributed by atoms with E-state index in [0.717, 1.165) is 10.1 Å². The number of benzene rings is 1. The van der Waals surface area contributed by atoms with Crippen LogP contribution < -0.4 is 27.4 Å². The summed E-state index contributed by atoms with van der Waals surface area (Å²) < 4.78 is 0.854. The number of halogens is 2. The molecular formula is C25H30Cl2N8O3S2. The number of unbranched alkanes of at least 4 members (excludes halogenated alkanes) is 1. The van der Waals surface area contributed by atoms with Crippen LogP contribution in [0.15, 0.2) is 23.6 Å². The Morgan fingerprint density at radius 2 is 1.98 bits per heavy atom. The summed E-state index contributed by atoms with van der Waals surface area (Å²) in [4.78, 5) is 45.7. The van der Waals surface area contributed by atoms with Gasteiger partial charge in [-0.05, 0) is 49.3 Å². The molecular weight excluding hydrogens is 595 g/mol. The molecule has 1 saturated heterocycles. The fourth-order valence-corrected chi connectivity index (χ4v) is 6.89. The number of fused-ring (bicyclic) bond motifs is 1. The first-order valence-corrected chi connectivity index (χ1v) is 15.0. The minimum Gasteiger partial charge on any atom is -0.370 e. The van der Waals surface area contributed by atoms with Crippen LogP contribution in [0, 0.1) is 5.41 Å². The number of rotatable bonds is 10. The van der Waals surface area contributed by atoms with Crippen LogP contribution in [0.1, 0.15) is 56.9 Å². The smallest absolute Gasteiger partial charge is 0.271 e. The Balaban J connectivity index is 1.45. The summed E-state index contributed by atoms with van der Waals surface area (Å²) >= 11 is 14.9. The number of amides is 3. The Bertz CT molecular complexity index is 1390. The van der Waals surface area contributed by atoms with E-state index in [-0.39, 0.29) is 35.6 Å². The van der Waals surface area contributed by atoms with Crippen LogP contribution in [0.2, 0.25) is 10.0 Å². The van der Waals surface area contributed by atoms with Gasteiger partial charge in [0.1, 0.15) is 16.7 Å². The molecule has 214 valence electrons. The van der Waals surface area contributed by atoms with E-state index < -0.39 is 11.9 Å². The molecule has 3 heterocycles. The van der Waals surface area contributed by atoms with Crippen LogP contribution in [-0.4, -0.2) is 65.8 Å². The second-order valence-electron chi connectivity index (χ2n) is 9.43. The normalized spacial score (nSPS) is 17.6. The average Bonchev–Trinajstić information content (AvgIpc) is 3.65. The van der Waals surface area contributed by atoms with E-state index in [1.54, 1.807) is 28.5 Å². The zero-order valence-corrected chi connectivity index (χ0v) is 24.8. The van der Waals surface area contributed by atoms with Crippen molar-refractivity contribution in [3.63, 3.8) is 0 Å². The van der Waals surface area contributed by atoms with Gasteiger partial charge in [0, 0.05) is 36.3 Å². The molecule has 11 nitrogen and oxygen atoms in total. The SMILES string of the molecule is CNC(=O)[C@H](CCCCNC(=N)N)NC(=O)c1csc([C@@H]2C[C@@H](N)CN2C(=O)c2cc3cc(Cl)c(Cl)cc3s2)n1. The van der Waals surface area contributed by atoms with E-state index in [4.69, 9.17) is 40.1 Å². The van der Waals surface area contributed by atoms with Gasteiger partial charge in [-0.1, -0.05) is 23.2 Å². The third kappa shape index (κ3) is 7.02. The third-order valence-corrected chi connectivity index (χ3v) is 9.26. The number of likely N-dealkylation sites (tertiary alicyclic amines) is 1. The highest BCUT2D eigenvalue weighted by Crippen LogP contribution is 2.38. The number of likely N-dealkylation sites (N-methyl/N-ethyl adjacent to an activating group) is 1. The predicted molar refractivity (Wildman–Crippen MR) is 159 cm³/mol. The van der Waals surface area contributed by atoms with Gasteiger partial charge >= 0.3 is 0 Å². The first kappa shape index (κ1) is 30.0. The lowest BCUT2D eigenvalue weighted by Gasteiger charge is -2.22. The molecule has 3 atom stereocenters. The Hall–Kier alpha value is -2.97. The fraction of sp³-hybridized carbons (Fsp3) is 0.400. The van der Waals surface area contributed by atoms with Crippen LogP contribution in [0.4, 0.5) is 0 Å². The molecule has 4 rings (SSSR count). The Labute approximate surface area is 249 Å². The zero-order valence-electron chi connectivity index (χ0n) is 21.6. The molecule has 8 N–H and O–H groups in total. The van der Waals surface area contributed by atoms with Crippen molar-refractivity contribution < 1.29 is 14.4 Å². The molecule has 2 aromatic heterocycles. The largest absolute Gasteiger partial charge is 0.370 e. The van der Waals surface area contributed by atoms with E-state index >= 15 is 0 Å². The van der Waals surface area contributed by atoms with E-state index in [9.17, 15) is 14.4 Å². The van der Waals surface area contributed by atoms with Crippen molar-refractivity contribution in [3.05, 3.63) is 49.2 Å². The Morgan fingerprint density at radius 3 is 2.70 bits per heavy atom. The Kier molecular flexibility index (Phi) is 9.85. The van der Waals surface area contributed by atoms with Gasteiger partial charge in [-0.25, -0.2) is 4.98 Å². The van der Waals surface area contributed by atoms with Crippen molar-refractivity contribution in [2.45, 2.75) is 43.8 Å². The molecule has 0 aliphatic carbocycles. The fourth-order valence-electron chi connectivity index (χ4n) is 4.52. The van der Waals surface area contributed by atoms with Gasteiger partial charge in [0.25, 0.3) is 11.8 Å². The summed E-state index contributed by atoms with van der Waals surface area (Å²) in [6.07, 6.45) is 2.23. The van der Waals surface area contributed by atoms with Gasteiger partial charge in [-0.15, -0.1) is 22.7 Å². The number of nitrogens with zero attached hydrogens (tertiary/aromatic N) is 2. The summed E-state index contributed by atoms with van der Waals surface area (Å²) in [6, 6.07) is 3.92. The number of thiazole rings is 1. The first-order chi connectivity index (χ1) is 19.1. The quantitative estimate of drug-likeness (QED) is 0.114. The molecule has 0 radical (unpaired) electrons. The van der Waals surface area contributed by atoms with Crippen molar-refractivity contribution >= 4 is 79.6 Å². The standard InChI is InChI=1S/C25H30Cl2N8O3S2/c1-31-21(36)16(4-2-3-5-32-25(29)30)33-22(37)17-11-39-23(34-17)18-8-13(28)10-35(18)24(38)20-7-12-6-14(26)15(27)9-19(12)40-20/h6-7,9,11,13,16,18H,2-5,8,10,28H2,1H3,(H,31,36)(H,33,37)(H4,29,30,32)/t13-,16+,18+/m1/s1. The lowest BCUT2D eigenvalue weighted by Crippen LogP contribution is -2.45. The van der Waals surface area contributed by atoms with Gasteiger partial charge in [-0.3, -0.25) is 19.8 Å². The van der Waals surface area contributed by atoms with E-state index in [2.05, 4.69) is 20.9 Å². The van der Waals surface area contributed by atoms with Crippen LogP contribution in [0.5, 0.6) is 0 Å². The number of aromatic nitrogens is 1. The lowest BCUT2D eigenvalue weighted by atomic mass is 10.1. The Morgan fingerprint density at radius 1 is 1.23 bits per heavy atom. The van der Waals surface area contributed by atoms with E-state index in [1.165, 1.54) is 29.7 Å². The molecule has 0 saturated carbocycles. The third-order valence-electron chi connectivity index (χ3n) is 6.51. The monoisotopic (exact) mass is 624 g/mol. The number of carbonyl (C=O) groups excluding carboxylic acids is 3. The van der Waals surface area contributed by atoms with E-state index in [0.29, 0.717) is 58.7 Å². The van der Waals surface area contributed by atoms with Gasteiger partial charge < -0.3 is 32.3 Å². The molecule has 1 aliphatic rings. The molecule has 40 heavy (non-hydrogen) atoms.